The third-order valence-corrected chi connectivity index (χ3v) is 4.59. The molecule has 0 heterocycles. The molecule has 0 bridgehead atoms. The van der Waals surface area contributed by atoms with Crippen LogP contribution in [0.1, 0.15) is 46.0 Å². The maximum Gasteiger partial charge on any atom is 0.327 e. The van der Waals surface area contributed by atoms with Crippen molar-refractivity contribution in [2.75, 3.05) is 33.3 Å². The van der Waals surface area contributed by atoms with Crippen molar-refractivity contribution in [1.29, 1.82) is 0 Å². The van der Waals surface area contributed by atoms with E-state index in [-0.39, 0.29) is 5.97 Å². The minimum Gasteiger partial charge on any atom is -0.465 e. The van der Waals surface area contributed by atoms with Gasteiger partial charge in [-0.25, -0.2) is 4.79 Å². The number of hydrogen-bond acceptors (Lipinski definition) is 4. The van der Waals surface area contributed by atoms with Crippen LogP contribution in [0.4, 0.5) is 0 Å². The lowest BCUT2D eigenvalue weighted by atomic mass is 9.92. The van der Waals surface area contributed by atoms with Crippen LogP contribution in [0.15, 0.2) is 0 Å². The second kappa shape index (κ2) is 6.90. The van der Waals surface area contributed by atoms with Gasteiger partial charge in [0.2, 0.25) is 0 Å². The maximum atomic E-state index is 12.5. The van der Waals surface area contributed by atoms with E-state index in [0.717, 1.165) is 44.8 Å². The van der Waals surface area contributed by atoms with E-state index >= 15 is 0 Å². The first-order valence-corrected chi connectivity index (χ1v) is 8.24. The largest absolute Gasteiger partial charge is 0.465 e. The summed E-state index contributed by atoms with van der Waals surface area (Å²) < 4.78 is 5.37. The first kappa shape index (κ1) is 15.8. The van der Waals surface area contributed by atoms with Crippen molar-refractivity contribution in [2.24, 2.45) is 11.8 Å². The van der Waals surface area contributed by atoms with Gasteiger partial charge in [-0.1, -0.05) is 6.92 Å². The normalized spacial score (nSPS) is 21.8. The molecule has 2 aliphatic carbocycles. The summed E-state index contributed by atoms with van der Waals surface area (Å²) in [5, 5.41) is 3.33. The van der Waals surface area contributed by atoms with Crippen LogP contribution < -0.4 is 5.32 Å². The molecule has 0 aromatic heterocycles. The second-order valence-corrected chi connectivity index (χ2v) is 6.39. The van der Waals surface area contributed by atoms with Crippen molar-refractivity contribution < 1.29 is 9.53 Å². The highest BCUT2D eigenvalue weighted by atomic mass is 16.5. The molecule has 116 valence electrons. The number of nitrogens with zero attached hydrogens (tertiary/aromatic N) is 1. The summed E-state index contributed by atoms with van der Waals surface area (Å²) in [6.45, 7) is 7.58. The summed E-state index contributed by atoms with van der Waals surface area (Å²) >= 11 is 0. The molecule has 4 heteroatoms. The zero-order valence-electron chi connectivity index (χ0n) is 13.3. The van der Waals surface area contributed by atoms with Gasteiger partial charge in [0.05, 0.1) is 6.61 Å². The molecule has 2 aliphatic rings. The summed E-state index contributed by atoms with van der Waals surface area (Å²) in [7, 11) is 1.91. The molecule has 2 fully saturated rings. The molecule has 0 saturated heterocycles. The molecule has 0 spiro atoms. The topological polar surface area (TPSA) is 41.6 Å². The lowest BCUT2D eigenvalue weighted by Gasteiger charge is -2.36. The summed E-state index contributed by atoms with van der Waals surface area (Å²) in [6.07, 6.45) is 6.14. The summed E-state index contributed by atoms with van der Waals surface area (Å²) in [4.78, 5) is 15.0. The molecule has 1 N–H and O–H groups in total. The Kier molecular flexibility index (Phi) is 5.44. The van der Waals surface area contributed by atoms with Crippen LogP contribution in [0, 0.1) is 11.8 Å². The predicted molar refractivity (Wildman–Crippen MR) is 80.6 cm³/mol. The summed E-state index contributed by atoms with van der Waals surface area (Å²) in [6, 6.07) is 0. The van der Waals surface area contributed by atoms with Gasteiger partial charge >= 0.3 is 5.97 Å². The molecule has 1 unspecified atom stereocenters. The molecule has 0 amide bonds. The molecule has 20 heavy (non-hydrogen) atoms. The summed E-state index contributed by atoms with van der Waals surface area (Å²) in [5.74, 6) is 1.25. The zero-order chi connectivity index (χ0) is 14.6. The van der Waals surface area contributed by atoms with Crippen LogP contribution in [0.2, 0.25) is 0 Å². The number of esters is 1. The fourth-order valence-electron chi connectivity index (χ4n) is 3.15. The average molecular weight is 282 g/mol. The van der Waals surface area contributed by atoms with Crippen LogP contribution in [0.3, 0.4) is 0 Å². The van der Waals surface area contributed by atoms with E-state index in [2.05, 4.69) is 17.1 Å². The average Bonchev–Trinajstić information content (AvgIpc) is 3.28. The number of likely N-dealkylation sites (N-methyl/N-ethyl adjacent to an activating group) is 1. The lowest BCUT2D eigenvalue weighted by Crippen LogP contribution is -2.60. The Labute approximate surface area is 123 Å². The Bertz CT molecular complexity index is 326. The first-order chi connectivity index (χ1) is 9.66. The Morgan fingerprint density at radius 2 is 2.00 bits per heavy atom. The molecular formula is C16H30N2O2. The van der Waals surface area contributed by atoms with Crippen molar-refractivity contribution in [2.45, 2.75) is 51.5 Å². The molecule has 1 atom stereocenters. The van der Waals surface area contributed by atoms with E-state index in [9.17, 15) is 4.79 Å². The Hall–Kier alpha value is -0.610. The molecule has 0 radical (unpaired) electrons. The Morgan fingerprint density at radius 3 is 2.45 bits per heavy atom. The minimum atomic E-state index is -0.486. The standard InChI is InChI=1S/C16H30N2O2/c1-4-10-18(11-13-6-7-13)12-16(17-3,14-8-9-14)15(19)20-5-2/h13-14,17H,4-12H2,1-3H3. The van der Waals surface area contributed by atoms with E-state index in [4.69, 9.17) is 4.74 Å². The van der Waals surface area contributed by atoms with Gasteiger partial charge in [-0.2, -0.15) is 0 Å². The van der Waals surface area contributed by atoms with Gasteiger partial charge in [0, 0.05) is 13.1 Å². The van der Waals surface area contributed by atoms with Gasteiger partial charge < -0.3 is 15.0 Å². The third kappa shape index (κ3) is 3.73. The molecule has 0 aromatic rings. The highest BCUT2D eigenvalue weighted by Gasteiger charge is 2.52. The Morgan fingerprint density at radius 1 is 1.30 bits per heavy atom. The van der Waals surface area contributed by atoms with E-state index in [1.165, 1.54) is 12.8 Å². The van der Waals surface area contributed by atoms with Crippen molar-refractivity contribution in [3.63, 3.8) is 0 Å². The first-order valence-electron chi connectivity index (χ1n) is 8.24. The van der Waals surface area contributed by atoms with Crippen molar-refractivity contribution >= 4 is 5.97 Å². The van der Waals surface area contributed by atoms with Gasteiger partial charge in [-0.3, -0.25) is 0 Å². The number of nitrogens with one attached hydrogen (secondary N) is 1. The number of rotatable bonds is 10. The molecule has 4 nitrogen and oxygen atoms in total. The fourth-order valence-corrected chi connectivity index (χ4v) is 3.15. The monoisotopic (exact) mass is 282 g/mol. The third-order valence-electron chi connectivity index (χ3n) is 4.59. The van der Waals surface area contributed by atoms with Gasteiger partial charge in [0.1, 0.15) is 5.54 Å². The zero-order valence-corrected chi connectivity index (χ0v) is 13.3. The molecular weight excluding hydrogens is 252 g/mol. The number of ether oxygens (including phenoxy) is 1. The molecule has 0 aromatic carbocycles. The molecule has 2 saturated carbocycles. The maximum absolute atomic E-state index is 12.5. The van der Waals surface area contributed by atoms with Crippen LogP contribution in [-0.4, -0.2) is 49.7 Å². The van der Waals surface area contributed by atoms with E-state index in [1.807, 2.05) is 14.0 Å². The Balaban J connectivity index is 2.05. The van der Waals surface area contributed by atoms with Gasteiger partial charge in [-0.15, -0.1) is 0 Å². The van der Waals surface area contributed by atoms with Crippen molar-refractivity contribution in [3.05, 3.63) is 0 Å². The van der Waals surface area contributed by atoms with Crippen LogP contribution >= 0.6 is 0 Å². The van der Waals surface area contributed by atoms with Crippen LogP contribution in [0.25, 0.3) is 0 Å². The van der Waals surface area contributed by atoms with E-state index < -0.39 is 5.54 Å². The quantitative estimate of drug-likeness (QED) is 0.623. The highest BCUT2D eigenvalue weighted by Crippen LogP contribution is 2.41. The van der Waals surface area contributed by atoms with Gasteiger partial charge in [0.25, 0.3) is 0 Å². The predicted octanol–water partition coefficient (Wildman–Crippen LogP) is 2.04. The van der Waals surface area contributed by atoms with E-state index in [1.54, 1.807) is 0 Å². The van der Waals surface area contributed by atoms with Gasteiger partial charge in [-0.05, 0) is 64.5 Å². The van der Waals surface area contributed by atoms with Crippen LogP contribution in [0.5, 0.6) is 0 Å². The fraction of sp³-hybridized carbons (Fsp3) is 0.938. The van der Waals surface area contributed by atoms with Crippen molar-refractivity contribution in [1.82, 2.24) is 10.2 Å². The van der Waals surface area contributed by atoms with Crippen LogP contribution in [-0.2, 0) is 9.53 Å². The second-order valence-electron chi connectivity index (χ2n) is 6.39. The minimum absolute atomic E-state index is 0.0538. The lowest BCUT2D eigenvalue weighted by molar-refractivity contribution is -0.153. The van der Waals surface area contributed by atoms with Crippen molar-refractivity contribution in [3.8, 4) is 0 Å². The van der Waals surface area contributed by atoms with Gasteiger partial charge in [0.15, 0.2) is 0 Å². The molecule has 2 rings (SSSR count). The summed E-state index contributed by atoms with van der Waals surface area (Å²) in [5.41, 5.74) is -0.486. The number of carbonyl (C=O) groups is 1. The smallest absolute Gasteiger partial charge is 0.327 e. The van der Waals surface area contributed by atoms with E-state index in [0.29, 0.717) is 12.5 Å². The number of carbonyl (C=O) groups excluding carboxylic acids is 1. The number of hydrogen-bond donors (Lipinski definition) is 1. The molecule has 0 aliphatic heterocycles. The highest BCUT2D eigenvalue weighted by molar-refractivity contribution is 5.82. The SMILES string of the molecule is CCCN(CC1CC1)CC(NC)(C(=O)OCC)C1CC1.